The Labute approximate surface area is 739 Å². The average molecular weight is 1710 g/mol. The zero-order valence-electron chi connectivity index (χ0n) is 74.5. The summed E-state index contributed by atoms with van der Waals surface area (Å²) in [5.41, 5.74) is 33.6. The van der Waals surface area contributed by atoms with Gasteiger partial charge in [0.1, 0.15) is 11.6 Å². The van der Waals surface area contributed by atoms with E-state index in [0.29, 0.717) is 5.92 Å². The van der Waals surface area contributed by atoms with E-state index in [-0.39, 0.29) is 33.3 Å². The van der Waals surface area contributed by atoms with Crippen LogP contribution in [0.3, 0.4) is 0 Å². The first-order valence-corrected chi connectivity index (χ1v) is 46.0. The maximum absolute atomic E-state index is 14.1. The van der Waals surface area contributed by atoms with Gasteiger partial charge in [-0.15, -0.1) is 71.5 Å². The van der Waals surface area contributed by atoms with Crippen molar-refractivity contribution in [3.05, 3.63) is 295 Å². The van der Waals surface area contributed by atoms with Crippen LogP contribution in [0.4, 0.5) is 42.9 Å². The van der Waals surface area contributed by atoms with Crippen molar-refractivity contribution >= 4 is 77.0 Å². The largest absolute Gasteiger partial charge is 0.851 e. The molecule has 8 aromatic rings. The molecule has 14 nitrogen and oxygen atoms in total. The van der Waals surface area contributed by atoms with E-state index in [1.165, 1.54) is 85.7 Å². The number of halogens is 2. The Bertz CT molecular complexity index is 5560. The third-order valence-corrected chi connectivity index (χ3v) is 29.0. The highest BCUT2D eigenvalue weighted by Crippen LogP contribution is 2.59. The Balaban J connectivity index is 0.000000133. The monoisotopic (exact) mass is 1700 g/mol. The summed E-state index contributed by atoms with van der Waals surface area (Å²) in [6.45, 7) is 29.7. The number of allylic oxidation sites excluding steroid dienone is 2. The second kappa shape index (κ2) is 36.8. The molecule has 0 saturated heterocycles. The number of benzene rings is 6. The standard InChI is InChI=1S/C32H26O2S2.C28H32N2O2.C22H24N2O2.C16H14F2N2O2.2C3H8.C2H6/c1-16(2)18-7-5-9-20-24(15-18)26(22-11-13-36-32(20)22)28-29(33)27(30(28)34)25-21-10-12-35-31(21)19-8-4-6-17(3)14-23(19)25;1-27(2)19-11-7-9-13-21(19)29(5)23(27)15-17-25(31)18(26(17)32)16-24-28(3,4)20-12-8-10-14-22(20)30(24)6;1-23-9-7-13-11-15(3-5-17(13)23)19-21(25)20(22(19)26)16-4-6-18-14(12-16)8-10-24(18)2;17-11-5-7(19)1-3-9(11)13-15(21)14(16(13)22)10-4-2-8(20)6-12(10)18;2*1-3-2;1-2/h4-16,27-30H,1-3H3;7-18,25-26H,1-6H3;3-6,11-12,19-22H,7-10H2,1-2H3;1-6,13-16H,19-20H2;2*3H2,1-2H3;1-2H3/q4*-2;;;. The van der Waals surface area contributed by atoms with Gasteiger partial charge >= 0.3 is 0 Å². The summed E-state index contributed by atoms with van der Waals surface area (Å²) in [4.78, 5) is 8.75. The number of likely N-dealkylation sites (N-methyl/N-ethyl adjacent to an activating group) is 4. The van der Waals surface area contributed by atoms with Gasteiger partial charge < -0.3 is 71.9 Å². The van der Waals surface area contributed by atoms with Crippen molar-refractivity contribution in [1.82, 2.24) is 0 Å². The lowest BCUT2D eigenvalue weighted by atomic mass is 9.62. The van der Waals surface area contributed by atoms with E-state index >= 15 is 0 Å². The minimum Gasteiger partial charge on any atom is -0.851 e. The molecule has 0 amide bonds. The Kier molecular flexibility index (Phi) is 26.9. The van der Waals surface area contributed by atoms with Crippen LogP contribution in [0.2, 0.25) is 0 Å². The zero-order chi connectivity index (χ0) is 89.1. The maximum Gasteiger partial charge on any atom is 0.128 e. The Morgan fingerprint density at radius 2 is 0.806 bits per heavy atom. The maximum atomic E-state index is 14.1. The quantitative estimate of drug-likeness (QED) is 0.128. The lowest BCUT2D eigenvalue weighted by Crippen LogP contribution is -2.66. The molecule has 2 aromatic heterocycles. The number of aryl methyl sites for hydroxylation is 1. The lowest BCUT2D eigenvalue weighted by molar-refractivity contribution is -0.550. The summed E-state index contributed by atoms with van der Waals surface area (Å²) in [7, 11) is 8.24. The second-order valence-corrected chi connectivity index (χ2v) is 38.0. The molecule has 0 spiro atoms. The van der Waals surface area contributed by atoms with Crippen LogP contribution in [-0.4, -0.2) is 90.1 Å². The highest BCUT2D eigenvalue weighted by molar-refractivity contribution is 7.18. The number of anilines is 6. The van der Waals surface area contributed by atoms with E-state index in [1.807, 2.05) is 76.5 Å². The molecule has 4 aliphatic heterocycles. The fourth-order valence-corrected chi connectivity index (χ4v) is 22.4. The van der Waals surface area contributed by atoms with Gasteiger partial charge in [-0.3, -0.25) is 0 Å². The molecule has 124 heavy (non-hydrogen) atoms. The second-order valence-electron chi connectivity index (χ2n) is 36.2. The first-order valence-electron chi connectivity index (χ1n) is 44.3. The van der Waals surface area contributed by atoms with E-state index in [0.717, 1.165) is 122 Å². The summed E-state index contributed by atoms with van der Waals surface area (Å²) < 4.78 is 30.1. The minimum atomic E-state index is -1.40. The van der Waals surface area contributed by atoms with Gasteiger partial charge in [-0.05, 0) is 239 Å². The van der Waals surface area contributed by atoms with E-state index in [1.54, 1.807) is 22.7 Å². The molecule has 4 saturated carbocycles. The van der Waals surface area contributed by atoms with Crippen LogP contribution in [-0.2, 0) is 23.7 Å². The Morgan fingerprint density at radius 1 is 0.427 bits per heavy atom. The van der Waals surface area contributed by atoms with Crippen LogP contribution in [0.25, 0.3) is 42.4 Å². The molecule has 18 heteroatoms. The van der Waals surface area contributed by atoms with Crippen molar-refractivity contribution in [2.45, 2.75) is 217 Å². The van der Waals surface area contributed by atoms with Crippen molar-refractivity contribution in [2.24, 2.45) is 11.8 Å². The van der Waals surface area contributed by atoms with Crippen molar-refractivity contribution in [2.75, 3.05) is 72.3 Å². The summed E-state index contributed by atoms with van der Waals surface area (Å²) >= 11 is 3.40. The van der Waals surface area contributed by atoms with E-state index < -0.39 is 108 Å². The van der Waals surface area contributed by atoms with E-state index in [9.17, 15) is 49.6 Å². The minimum absolute atomic E-state index is 0.0429. The fourth-order valence-electron chi connectivity index (χ4n) is 20.5. The number of nitrogens with two attached hydrogens (primary N) is 2. The fraction of sp³-hybridized carbons (Fsp3) is 0.396. The number of hydrogen-bond donors (Lipinski definition) is 2. The zero-order valence-corrected chi connectivity index (χ0v) is 76.1. The van der Waals surface area contributed by atoms with Crippen LogP contribution in [0.5, 0.6) is 0 Å². The van der Waals surface area contributed by atoms with Gasteiger partial charge in [-0.25, -0.2) is 8.78 Å². The van der Waals surface area contributed by atoms with E-state index in [2.05, 4.69) is 230 Å². The van der Waals surface area contributed by atoms with Crippen LogP contribution in [0, 0.1) is 30.4 Å². The Morgan fingerprint density at radius 3 is 1.20 bits per heavy atom. The number of para-hydroxylation sites is 2. The van der Waals surface area contributed by atoms with Gasteiger partial charge in [-0.2, -0.15) is 0 Å². The van der Waals surface area contributed by atoms with Crippen molar-refractivity contribution < 1.29 is 49.6 Å². The third-order valence-electron chi connectivity index (χ3n) is 27.1. The molecule has 6 aromatic carbocycles. The smallest absolute Gasteiger partial charge is 0.128 e. The molecule has 20 rings (SSSR count). The molecule has 12 aliphatic rings. The molecule has 0 bridgehead atoms. The average Bonchev–Trinajstić information content (AvgIpc) is 1.55. The lowest BCUT2D eigenvalue weighted by Gasteiger charge is -2.62. The number of nitrogen functional groups attached to an aromatic ring is 2. The van der Waals surface area contributed by atoms with Crippen LogP contribution in [0.1, 0.15) is 204 Å². The van der Waals surface area contributed by atoms with E-state index in [4.69, 9.17) is 11.5 Å². The molecule has 654 valence electrons. The molecule has 0 radical (unpaired) electrons. The van der Waals surface area contributed by atoms with Gasteiger partial charge in [0.05, 0.1) is 0 Å². The summed E-state index contributed by atoms with van der Waals surface area (Å²) in [6.07, 6.45) is 0.198. The molecule has 2 unspecified atom stereocenters. The van der Waals surface area contributed by atoms with Crippen molar-refractivity contribution in [3.63, 3.8) is 0 Å². The van der Waals surface area contributed by atoms with Gasteiger partial charge in [0.15, 0.2) is 0 Å². The van der Waals surface area contributed by atoms with Gasteiger partial charge in [-0.1, -0.05) is 235 Å². The number of hydrogen-bond acceptors (Lipinski definition) is 16. The molecule has 4 fully saturated rings. The summed E-state index contributed by atoms with van der Waals surface area (Å²) in [5, 5.41) is 112. The third kappa shape index (κ3) is 16.1. The number of rotatable bonds is 9. The molecule has 4 N–H and O–H groups in total. The first kappa shape index (κ1) is 90.7. The number of nitrogens with zero attached hydrogens (tertiary/aromatic N) is 4. The molecule has 2 atom stereocenters. The van der Waals surface area contributed by atoms with Crippen LogP contribution in [0.15, 0.2) is 216 Å². The molecule has 6 heterocycles. The Hall–Kier alpha value is -9.54. The number of fused-ring (bicyclic) bond motifs is 10. The summed E-state index contributed by atoms with van der Waals surface area (Å²) in [6, 6.07) is 58.0. The summed E-state index contributed by atoms with van der Waals surface area (Å²) in [5.74, 6) is -5.96. The molecule has 8 aliphatic carbocycles. The predicted molar refractivity (Wildman–Crippen MR) is 493 cm³/mol. The highest BCUT2D eigenvalue weighted by Gasteiger charge is 2.48. The first-order chi connectivity index (χ1) is 59.3. The molecular formula is C106H118F2N6O8S2-8. The number of thiophene rings is 2. The normalized spacial score (nSPS) is 26.2. The van der Waals surface area contributed by atoms with Gasteiger partial charge in [0, 0.05) is 107 Å². The molecular weight excluding hydrogens is 1590 g/mol. The SMILES string of the molecule is CC.CCC.CCC.CN1C(=CC2C([O-])C(C=C3N(C)c4ccccc4C3(C)C)C2[O-])C(C)(C)c2ccccc21.CN1CCc2cc(C3C([O-])C(c4ccc5c(c4)CCN5C)C3[O-])ccc21.Cc1cccc2c3sccc3c(C3C([O-])C(c4c5cc(C(C)C)cccc-5c5sccc45)C3[O-])c-2c1.Nc1ccc(C2C([O-])C(c3ccc(N)cc3F)C2[O-])c(F)c1. The van der Waals surface area contributed by atoms with Crippen LogP contribution >= 0.6 is 22.7 Å². The van der Waals surface area contributed by atoms with Crippen molar-refractivity contribution in [3.8, 4) is 22.3 Å². The van der Waals surface area contributed by atoms with Crippen LogP contribution < -0.4 is 71.9 Å². The topological polar surface area (TPSA) is 249 Å². The predicted octanol–water partition coefficient (Wildman–Crippen LogP) is 15.7. The van der Waals surface area contributed by atoms with Gasteiger partial charge in [0.2, 0.25) is 0 Å². The van der Waals surface area contributed by atoms with Crippen molar-refractivity contribution in [1.29, 1.82) is 0 Å². The highest BCUT2D eigenvalue weighted by atomic mass is 32.1. The van der Waals surface area contributed by atoms with Gasteiger partial charge in [0.25, 0.3) is 0 Å².